The molecule has 0 fully saturated rings. The van der Waals surface area contributed by atoms with Crippen molar-refractivity contribution >= 4 is 44.4 Å². The molecule has 0 radical (unpaired) electrons. The summed E-state index contributed by atoms with van der Waals surface area (Å²) in [4.78, 5) is 3.61. The summed E-state index contributed by atoms with van der Waals surface area (Å²) in [5, 5.41) is 3.88. The van der Waals surface area contributed by atoms with Gasteiger partial charge in [0.25, 0.3) is 0 Å². The fourth-order valence-corrected chi connectivity index (χ4v) is 9.89. The Morgan fingerprint density at radius 3 is 2.03 bits per heavy atom. The lowest BCUT2D eigenvalue weighted by Gasteiger charge is -2.20. The van der Waals surface area contributed by atoms with Crippen LogP contribution in [0.15, 0.2) is 176 Å². The Kier molecular flexibility index (Phi) is 22.7. The number of rotatable bonds is 16. The van der Waals surface area contributed by atoms with Crippen LogP contribution in [0.4, 0.5) is 0 Å². The number of allylic oxidation sites excluding steroid dienone is 8. The minimum absolute atomic E-state index is 0.901. The van der Waals surface area contributed by atoms with E-state index in [2.05, 4.69) is 221 Å². The highest BCUT2D eigenvalue weighted by Crippen LogP contribution is 2.39. The van der Waals surface area contributed by atoms with Gasteiger partial charge in [-0.15, -0.1) is 12.8 Å². The maximum Gasteiger partial charge on any atom is 0.0538 e. The Hall–Kier alpha value is -7.08. The second-order valence-corrected chi connectivity index (χ2v) is 18.0. The van der Waals surface area contributed by atoms with Crippen molar-refractivity contribution in [2.24, 2.45) is 0 Å². The van der Waals surface area contributed by atoms with Crippen LogP contribution in [0.5, 0.6) is 0 Å². The van der Waals surface area contributed by atoms with Crippen molar-refractivity contribution < 1.29 is 0 Å². The Morgan fingerprint density at radius 1 is 0.639 bits per heavy atom. The summed E-state index contributed by atoms with van der Waals surface area (Å²) in [5.41, 5.74) is 21.1. The summed E-state index contributed by atoms with van der Waals surface area (Å²) < 4.78 is 2.52. The van der Waals surface area contributed by atoms with Crippen molar-refractivity contribution in [1.29, 1.82) is 0 Å². The van der Waals surface area contributed by atoms with Gasteiger partial charge in [-0.05, 0) is 169 Å². The fourth-order valence-electron chi connectivity index (χ4n) is 9.89. The van der Waals surface area contributed by atoms with Crippen molar-refractivity contribution in [3.05, 3.63) is 210 Å². The molecule has 0 unspecified atom stereocenters. The topological polar surface area (TPSA) is 20.7 Å². The molecule has 0 spiro atoms. The lowest BCUT2D eigenvalue weighted by molar-refractivity contribution is 0.795. The molecule has 0 saturated carbocycles. The summed E-state index contributed by atoms with van der Waals surface area (Å²) in [6, 6.07) is 47.6. The number of H-pyrrole nitrogens is 1. The fraction of sp³-hybridized carbons (Fsp3) is 0.286. The largest absolute Gasteiger partial charge is 0.355 e. The van der Waals surface area contributed by atoms with Crippen LogP contribution in [-0.2, 0) is 12.8 Å². The quantitative estimate of drug-likeness (QED) is 0.0566. The zero-order chi connectivity index (χ0) is 51.8. The molecule has 9 rings (SSSR count). The first-order valence-corrected chi connectivity index (χ1v) is 27.0. The molecule has 1 N–H and O–H groups in total. The van der Waals surface area contributed by atoms with Crippen molar-refractivity contribution in [1.82, 2.24) is 9.55 Å². The molecule has 2 aromatic heterocycles. The van der Waals surface area contributed by atoms with E-state index in [1.54, 1.807) is 0 Å². The number of unbranched alkanes of at least 4 members (excludes halogenated alkanes) is 3. The second kappa shape index (κ2) is 29.3. The van der Waals surface area contributed by atoms with E-state index in [0.717, 1.165) is 44.9 Å². The predicted octanol–water partition coefficient (Wildman–Crippen LogP) is 20.9. The number of hydrogen-bond donors (Lipinski definition) is 1. The minimum atomic E-state index is 0.901. The van der Waals surface area contributed by atoms with Gasteiger partial charge < -0.3 is 9.55 Å². The third-order valence-electron chi connectivity index (χ3n) is 13.5. The summed E-state index contributed by atoms with van der Waals surface area (Å²) >= 11 is 0. The highest BCUT2D eigenvalue weighted by Gasteiger charge is 2.20. The number of nitrogens with zero attached hydrogens (tertiary/aromatic N) is 1. The first-order valence-electron chi connectivity index (χ1n) is 27.0. The van der Waals surface area contributed by atoms with Gasteiger partial charge in [0.05, 0.1) is 5.52 Å². The Morgan fingerprint density at radius 2 is 1.31 bits per heavy atom. The van der Waals surface area contributed by atoms with E-state index in [-0.39, 0.29) is 0 Å². The molecular weight excluding hydrogens is 869 g/mol. The Bertz CT molecular complexity index is 3110. The van der Waals surface area contributed by atoms with Gasteiger partial charge in [-0.3, -0.25) is 0 Å². The van der Waals surface area contributed by atoms with Crippen LogP contribution in [0.1, 0.15) is 140 Å². The van der Waals surface area contributed by atoms with Gasteiger partial charge in [-0.25, -0.2) is 0 Å². The Balaban J connectivity index is 0.000000616. The number of para-hydroxylation sites is 1. The molecule has 0 aliphatic heterocycles. The first-order chi connectivity index (χ1) is 35.4. The maximum atomic E-state index is 4.00. The third kappa shape index (κ3) is 13.5. The van der Waals surface area contributed by atoms with Crippen molar-refractivity contribution in [3.63, 3.8) is 0 Å². The highest BCUT2D eigenvalue weighted by molar-refractivity contribution is 6.08. The second-order valence-electron chi connectivity index (χ2n) is 18.0. The number of terminal acetylenes is 1. The molecular formula is C70H82N2. The molecule has 372 valence electrons. The van der Waals surface area contributed by atoms with E-state index < -0.39 is 0 Å². The van der Waals surface area contributed by atoms with Gasteiger partial charge >= 0.3 is 0 Å². The van der Waals surface area contributed by atoms with E-state index >= 15 is 0 Å². The van der Waals surface area contributed by atoms with Gasteiger partial charge in [0.2, 0.25) is 0 Å². The van der Waals surface area contributed by atoms with Gasteiger partial charge in [-0.2, -0.15) is 0 Å². The monoisotopic (exact) mass is 951 g/mol. The van der Waals surface area contributed by atoms with Crippen LogP contribution >= 0.6 is 0 Å². The van der Waals surface area contributed by atoms with Gasteiger partial charge in [0, 0.05) is 38.6 Å². The average molecular weight is 951 g/mol. The standard InChI is InChI=1S/C56H54N2.C8H14.2C2H6.C2H2/c1-5-7-21-50-52-37-44(43-30-34-54-51(36-43)49-23-12-13-26-53(49)57-54)31-35-56(52)58(55(50)27-14-20-40-18-9-8-17-38(40)3)45-32-28-42(29-33-45)46-24-15-25-47(39(46)4)48-22-11-10-19-41(48)16-6-2;1-3-5-7-8-6-4-2;3*1-2/h8-10,12-15,17-19,23-37,57H,5-7,11,16,20-22H2,1-4H3;3,5,7H,1,4,6,8H2,2H3;2*1-2H3;1-2H/b27-14-;7-5-;;;. The number of aromatic amines is 1. The zero-order valence-electron chi connectivity index (χ0n) is 45.3. The summed E-state index contributed by atoms with van der Waals surface area (Å²) in [7, 11) is 0. The Labute approximate surface area is 435 Å². The molecule has 0 bridgehead atoms. The highest BCUT2D eigenvalue weighted by atomic mass is 15.0. The number of aryl methyl sites for hydroxylation is 2. The third-order valence-corrected chi connectivity index (χ3v) is 13.5. The van der Waals surface area contributed by atoms with E-state index in [9.17, 15) is 0 Å². The normalized spacial score (nSPS) is 12.0. The molecule has 2 nitrogen and oxygen atoms in total. The molecule has 8 aromatic rings. The molecule has 0 atom stereocenters. The van der Waals surface area contributed by atoms with Crippen LogP contribution in [0.2, 0.25) is 0 Å². The smallest absolute Gasteiger partial charge is 0.0538 e. The van der Waals surface area contributed by atoms with Crippen LogP contribution in [0.25, 0.3) is 72.3 Å². The molecule has 0 amide bonds. The number of benzene rings is 6. The van der Waals surface area contributed by atoms with Gasteiger partial charge in [-0.1, -0.05) is 202 Å². The minimum Gasteiger partial charge on any atom is -0.355 e. The lowest BCUT2D eigenvalue weighted by Crippen LogP contribution is -2.00. The lowest BCUT2D eigenvalue weighted by atomic mass is 9.85. The van der Waals surface area contributed by atoms with E-state index in [1.807, 2.05) is 39.8 Å². The van der Waals surface area contributed by atoms with Gasteiger partial charge in [0.15, 0.2) is 0 Å². The zero-order valence-corrected chi connectivity index (χ0v) is 45.3. The van der Waals surface area contributed by atoms with Crippen molar-refractivity contribution in [3.8, 4) is 40.8 Å². The SMILES string of the molecule is C#C.C=C/C=C\CCCC.CC.CC.CCCCc1c(/C=C\Cc2ccccc2C)n(-c2ccc(-c3cccc(C4=C(CCC)C=CCC4)c3C)cc2)c2ccc(-c3ccc4[nH]c5ccccc5c4c3)cc12. The van der Waals surface area contributed by atoms with E-state index in [4.69, 9.17) is 0 Å². The molecule has 2 heteroatoms. The molecule has 72 heavy (non-hydrogen) atoms. The molecule has 1 aliphatic rings. The van der Waals surface area contributed by atoms with Crippen LogP contribution in [0.3, 0.4) is 0 Å². The summed E-state index contributed by atoms with van der Waals surface area (Å²) in [6.45, 7) is 22.9. The van der Waals surface area contributed by atoms with E-state index in [0.29, 0.717) is 0 Å². The molecule has 0 saturated heterocycles. The molecule has 1 aliphatic carbocycles. The number of aromatic nitrogens is 2. The first kappa shape index (κ1) is 55.8. The number of fused-ring (bicyclic) bond motifs is 4. The number of nitrogens with one attached hydrogen (secondary N) is 1. The number of hydrogen-bond acceptors (Lipinski definition) is 0. The van der Waals surface area contributed by atoms with Crippen LogP contribution < -0.4 is 0 Å². The van der Waals surface area contributed by atoms with Crippen LogP contribution in [-0.4, -0.2) is 9.55 Å². The van der Waals surface area contributed by atoms with E-state index in [1.165, 1.54) is 131 Å². The average Bonchev–Trinajstić information content (AvgIpc) is 3.96. The van der Waals surface area contributed by atoms with Gasteiger partial charge in [0.1, 0.15) is 0 Å². The molecule has 6 aromatic carbocycles. The molecule has 2 heterocycles. The maximum absolute atomic E-state index is 4.00. The summed E-state index contributed by atoms with van der Waals surface area (Å²) in [6.07, 6.45) is 36.0. The summed E-state index contributed by atoms with van der Waals surface area (Å²) in [5.74, 6) is 0. The van der Waals surface area contributed by atoms with Crippen molar-refractivity contribution in [2.75, 3.05) is 0 Å². The predicted molar refractivity (Wildman–Crippen MR) is 322 cm³/mol. The van der Waals surface area contributed by atoms with Crippen LogP contribution in [0, 0.1) is 26.7 Å². The van der Waals surface area contributed by atoms with Crippen molar-refractivity contribution in [2.45, 2.75) is 133 Å².